The summed E-state index contributed by atoms with van der Waals surface area (Å²) in [5.41, 5.74) is 6.54. The van der Waals surface area contributed by atoms with E-state index in [1.165, 1.54) is 6.33 Å². The van der Waals surface area contributed by atoms with Crippen LogP contribution in [0.3, 0.4) is 0 Å². The minimum atomic E-state index is 0.0672. The van der Waals surface area contributed by atoms with E-state index >= 15 is 0 Å². The molecule has 0 aliphatic heterocycles. The zero-order chi connectivity index (χ0) is 16.9. The van der Waals surface area contributed by atoms with Gasteiger partial charge in [-0.05, 0) is 18.4 Å². The molecule has 3 N–H and O–H groups in total. The first-order valence-electron chi connectivity index (χ1n) is 7.70. The molecular formula is C18H20N4O2. The molecule has 0 saturated carbocycles. The van der Waals surface area contributed by atoms with Crippen molar-refractivity contribution in [2.24, 2.45) is 0 Å². The van der Waals surface area contributed by atoms with Gasteiger partial charge in [-0.25, -0.2) is 4.98 Å². The van der Waals surface area contributed by atoms with Gasteiger partial charge in [0.05, 0.1) is 6.61 Å². The van der Waals surface area contributed by atoms with Crippen LogP contribution in [0, 0.1) is 0 Å². The number of fused-ring (bicyclic) bond motifs is 1. The number of nitrogens with one attached hydrogen (secondary N) is 1. The van der Waals surface area contributed by atoms with E-state index in [1.54, 1.807) is 7.11 Å². The third-order valence-electron chi connectivity index (χ3n) is 3.60. The van der Waals surface area contributed by atoms with Crippen LogP contribution in [0.2, 0.25) is 0 Å². The van der Waals surface area contributed by atoms with Crippen LogP contribution in [0.1, 0.15) is 6.92 Å². The van der Waals surface area contributed by atoms with Gasteiger partial charge in [0.25, 0.3) is 0 Å². The summed E-state index contributed by atoms with van der Waals surface area (Å²) in [4.78, 5) is 8.35. The van der Waals surface area contributed by atoms with Crippen molar-refractivity contribution in [1.29, 1.82) is 0 Å². The molecule has 1 aromatic heterocycles. The number of nitrogens with two attached hydrogens (primary N) is 1. The number of methoxy groups -OCH3 is 1. The second kappa shape index (κ2) is 7.14. The highest BCUT2D eigenvalue weighted by Crippen LogP contribution is 2.33. The molecule has 24 heavy (non-hydrogen) atoms. The number of hydrogen-bond donors (Lipinski definition) is 2. The third kappa shape index (κ3) is 3.38. The minimum absolute atomic E-state index is 0.0672. The predicted octanol–water partition coefficient (Wildman–Crippen LogP) is 3.45. The Hall–Kier alpha value is -2.86. The average Bonchev–Trinajstić information content (AvgIpc) is 2.59. The Morgan fingerprint density at radius 3 is 2.75 bits per heavy atom. The normalized spacial score (nSPS) is 12.1. The third-order valence-corrected chi connectivity index (χ3v) is 3.60. The molecule has 0 amide bonds. The van der Waals surface area contributed by atoms with Gasteiger partial charge in [0.1, 0.15) is 17.8 Å². The number of aromatic nitrogens is 2. The maximum absolute atomic E-state index is 6.17. The van der Waals surface area contributed by atoms with Crippen LogP contribution in [-0.2, 0) is 4.74 Å². The first kappa shape index (κ1) is 16.0. The standard InChI is InChI=1S/C18H20N4O2/c1-12(10-23-2)22-17-16(19)18(21-11-20-17)24-15-9-5-7-13-6-3-4-8-14(13)15/h3-9,11-12H,10,19H2,1-2H3,(H,20,21,22). The first-order chi connectivity index (χ1) is 11.7. The van der Waals surface area contributed by atoms with E-state index in [0.717, 1.165) is 10.8 Å². The summed E-state index contributed by atoms with van der Waals surface area (Å²) in [6, 6.07) is 13.9. The van der Waals surface area contributed by atoms with Crippen LogP contribution in [0.15, 0.2) is 48.8 Å². The van der Waals surface area contributed by atoms with Crippen LogP contribution < -0.4 is 15.8 Å². The number of anilines is 2. The van der Waals surface area contributed by atoms with Crippen LogP contribution in [-0.4, -0.2) is 29.7 Å². The summed E-state index contributed by atoms with van der Waals surface area (Å²) >= 11 is 0. The molecule has 0 aliphatic rings. The average molecular weight is 324 g/mol. The maximum Gasteiger partial charge on any atom is 0.248 e. The maximum atomic E-state index is 6.17. The van der Waals surface area contributed by atoms with Gasteiger partial charge in [0.15, 0.2) is 5.82 Å². The largest absolute Gasteiger partial charge is 0.436 e. The van der Waals surface area contributed by atoms with Gasteiger partial charge in [-0.2, -0.15) is 4.98 Å². The molecule has 124 valence electrons. The van der Waals surface area contributed by atoms with Gasteiger partial charge in [0, 0.05) is 18.5 Å². The molecule has 6 nitrogen and oxygen atoms in total. The molecule has 0 aliphatic carbocycles. The Kier molecular flexibility index (Phi) is 4.77. The molecule has 1 atom stereocenters. The van der Waals surface area contributed by atoms with Crippen molar-refractivity contribution in [3.8, 4) is 11.6 Å². The molecule has 2 aromatic carbocycles. The van der Waals surface area contributed by atoms with E-state index < -0.39 is 0 Å². The van der Waals surface area contributed by atoms with Gasteiger partial charge in [-0.1, -0.05) is 36.4 Å². The summed E-state index contributed by atoms with van der Waals surface area (Å²) in [6.45, 7) is 2.53. The Morgan fingerprint density at radius 2 is 1.92 bits per heavy atom. The highest BCUT2D eigenvalue weighted by Gasteiger charge is 2.13. The van der Waals surface area contributed by atoms with Crippen molar-refractivity contribution < 1.29 is 9.47 Å². The lowest BCUT2D eigenvalue weighted by atomic mass is 10.1. The summed E-state index contributed by atoms with van der Waals surface area (Å²) in [7, 11) is 1.65. The van der Waals surface area contributed by atoms with E-state index in [4.69, 9.17) is 15.2 Å². The monoisotopic (exact) mass is 324 g/mol. The summed E-state index contributed by atoms with van der Waals surface area (Å²) in [6.07, 6.45) is 1.43. The smallest absolute Gasteiger partial charge is 0.248 e. The molecule has 3 aromatic rings. The van der Waals surface area contributed by atoms with Crippen molar-refractivity contribution in [2.45, 2.75) is 13.0 Å². The van der Waals surface area contributed by atoms with E-state index in [1.807, 2.05) is 49.4 Å². The second-order valence-electron chi connectivity index (χ2n) is 5.52. The molecule has 3 rings (SSSR count). The summed E-state index contributed by atoms with van der Waals surface area (Å²) < 4.78 is 11.1. The minimum Gasteiger partial charge on any atom is -0.436 e. The van der Waals surface area contributed by atoms with Crippen LogP contribution in [0.5, 0.6) is 11.6 Å². The van der Waals surface area contributed by atoms with E-state index in [0.29, 0.717) is 29.7 Å². The summed E-state index contributed by atoms with van der Waals surface area (Å²) in [5, 5.41) is 5.29. The van der Waals surface area contributed by atoms with E-state index in [-0.39, 0.29) is 6.04 Å². The Balaban J connectivity index is 1.90. The van der Waals surface area contributed by atoms with Gasteiger partial charge in [-0.3, -0.25) is 0 Å². The van der Waals surface area contributed by atoms with Crippen LogP contribution >= 0.6 is 0 Å². The first-order valence-corrected chi connectivity index (χ1v) is 7.70. The lowest BCUT2D eigenvalue weighted by Gasteiger charge is -2.16. The van der Waals surface area contributed by atoms with Crippen molar-refractivity contribution in [1.82, 2.24) is 9.97 Å². The summed E-state index contributed by atoms with van der Waals surface area (Å²) in [5.74, 6) is 1.56. The van der Waals surface area contributed by atoms with Gasteiger partial charge in [-0.15, -0.1) is 0 Å². The van der Waals surface area contributed by atoms with Crippen molar-refractivity contribution in [2.75, 3.05) is 24.8 Å². The fraction of sp³-hybridized carbons (Fsp3) is 0.222. The molecule has 0 spiro atoms. The lowest BCUT2D eigenvalue weighted by Crippen LogP contribution is -2.22. The number of ether oxygens (including phenoxy) is 2. The van der Waals surface area contributed by atoms with Crippen molar-refractivity contribution in [3.63, 3.8) is 0 Å². The van der Waals surface area contributed by atoms with Crippen molar-refractivity contribution >= 4 is 22.3 Å². The van der Waals surface area contributed by atoms with E-state index in [9.17, 15) is 0 Å². The quantitative estimate of drug-likeness (QED) is 0.722. The number of hydrogen-bond acceptors (Lipinski definition) is 6. The molecular weight excluding hydrogens is 304 g/mol. The Morgan fingerprint density at radius 1 is 1.12 bits per heavy atom. The Labute approximate surface area is 140 Å². The van der Waals surface area contributed by atoms with Gasteiger partial charge in [0.2, 0.25) is 5.88 Å². The molecule has 0 radical (unpaired) electrons. The zero-order valence-corrected chi connectivity index (χ0v) is 13.7. The number of benzene rings is 2. The highest BCUT2D eigenvalue weighted by molar-refractivity contribution is 5.88. The second-order valence-corrected chi connectivity index (χ2v) is 5.52. The Bertz CT molecular complexity index is 833. The number of nitrogens with zero attached hydrogens (tertiary/aromatic N) is 2. The van der Waals surface area contributed by atoms with Gasteiger partial charge < -0.3 is 20.5 Å². The lowest BCUT2D eigenvalue weighted by molar-refractivity contribution is 0.190. The molecule has 0 saturated heterocycles. The molecule has 0 bridgehead atoms. The van der Waals surface area contributed by atoms with Gasteiger partial charge >= 0.3 is 0 Å². The highest BCUT2D eigenvalue weighted by atomic mass is 16.5. The van der Waals surface area contributed by atoms with Crippen molar-refractivity contribution in [3.05, 3.63) is 48.8 Å². The zero-order valence-electron chi connectivity index (χ0n) is 13.7. The van der Waals surface area contributed by atoms with Crippen LogP contribution in [0.4, 0.5) is 11.5 Å². The molecule has 1 heterocycles. The fourth-order valence-corrected chi connectivity index (χ4v) is 2.49. The predicted molar refractivity (Wildman–Crippen MR) is 95.4 cm³/mol. The molecule has 6 heteroatoms. The topological polar surface area (TPSA) is 82.3 Å². The molecule has 0 fully saturated rings. The molecule has 1 unspecified atom stereocenters. The van der Waals surface area contributed by atoms with E-state index in [2.05, 4.69) is 15.3 Å². The number of nitrogen functional groups attached to an aromatic ring is 1. The van der Waals surface area contributed by atoms with Crippen LogP contribution in [0.25, 0.3) is 10.8 Å². The SMILES string of the molecule is COCC(C)Nc1ncnc(Oc2cccc3ccccc23)c1N. The fourth-order valence-electron chi connectivity index (χ4n) is 2.49. The number of rotatable bonds is 6.